The highest BCUT2D eigenvalue weighted by Crippen LogP contribution is 2.01. The van der Waals surface area contributed by atoms with Crippen molar-refractivity contribution in [2.24, 2.45) is 10.9 Å². The van der Waals surface area contributed by atoms with Crippen LogP contribution < -0.4 is 10.6 Å². The number of aryl methyl sites for hydroxylation is 1. The van der Waals surface area contributed by atoms with Gasteiger partial charge in [0.25, 0.3) is 0 Å². The maximum Gasteiger partial charge on any atom is 0.248 e. The molecule has 6 heteroatoms. The first-order valence-corrected chi connectivity index (χ1v) is 6.37. The van der Waals surface area contributed by atoms with Crippen LogP contribution in [0.4, 0.5) is 0 Å². The number of nitrogens with zero attached hydrogens (tertiary/aromatic N) is 3. The molecule has 1 unspecified atom stereocenters. The Balaban J connectivity index is 2.60. The van der Waals surface area contributed by atoms with Crippen molar-refractivity contribution < 1.29 is 4.52 Å². The Bertz CT molecular complexity index is 386. The van der Waals surface area contributed by atoms with E-state index >= 15 is 0 Å². The van der Waals surface area contributed by atoms with Crippen molar-refractivity contribution in [3.63, 3.8) is 0 Å². The highest BCUT2D eigenvalue weighted by atomic mass is 16.5. The van der Waals surface area contributed by atoms with Crippen LogP contribution in [0.2, 0.25) is 0 Å². The molecule has 0 aliphatic carbocycles. The van der Waals surface area contributed by atoms with Gasteiger partial charge in [0, 0.05) is 12.6 Å². The van der Waals surface area contributed by atoms with E-state index in [1.807, 2.05) is 6.92 Å². The highest BCUT2D eigenvalue weighted by Gasteiger charge is 2.09. The molecule has 0 fully saturated rings. The molecule has 0 aliphatic heterocycles. The van der Waals surface area contributed by atoms with E-state index in [-0.39, 0.29) is 0 Å². The molecule has 0 aromatic carbocycles. The minimum atomic E-state index is 0.354. The summed E-state index contributed by atoms with van der Waals surface area (Å²) in [5.74, 6) is 2.48. The molecular weight excluding hydrogens is 230 g/mol. The van der Waals surface area contributed by atoms with E-state index < -0.39 is 0 Å². The van der Waals surface area contributed by atoms with E-state index in [4.69, 9.17) is 4.52 Å². The zero-order valence-corrected chi connectivity index (χ0v) is 11.8. The standard InChI is InChI=1S/C12H23N5O/c1-6-13-12(15-9(4)8(2)3)14-7-11-16-10(5)17-18-11/h8-9H,6-7H2,1-5H3,(H2,13,14,15). The van der Waals surface area contributed by atoms with Gasteiger partial charge in [-0.25, -0.2) is 4.99 Å². The molecule has 102 valence electrons. The molecule has 0 saturated carbocycles. The van der Waals surface area contributed by atoms with Gasteiger partial charge in [-0.1, -0.05) is 19.0 Å². The second kappa shape index (κ2) is 6.98. The van der Waals surface area contributed by atoms with Crippen LogP contribution in [0, 0.1) is 12.8 Å². The Morgan fingerprint density at radius 1 is 1.39 bits per heavy atom. The third-order valence-electron chi connectivity index (χ3n) is 2.65. The average molecular weight is 253 g/mol. The molecule has 1 atom stereocenters. The molecular formula is C12H23N5O. The van der Waals surface area contributed by atoms with Crippen LogP contribution in [0.5, 0.6) is 0 Å². The van der Waals surface area contributed by atoms with Gasteiger partial charge >= 0.3 is 0 Å². The summed E-state index contributed by atoms with van der Waals surface area (Å²) in [6, 6.07) is 0.354. The lowest BCUT2D eigenvalue weighted by Gasteiger charge is -2.20. The normalized spacial score (nSPS) is 13.8. The van der Waals surface area contributed by atoms with Gasteiger partial charge in [0.05, 0.1) is 0 Å². The lowest BCUT2D eigenvalue weighted by atomic mass is 10.1. The third-order valence-corrected chi connectivity index (χ3v) is 2.65. The molecule has 0 aliphatic rings. The lowest BCUT2D eigenvalue weighted by Crippen LogP contribution is -2.44. The molecule has 1 heterocycles. The second-order valence-electron chi connectivity index (χ2n) is 4.61. The van der Waals surface area contributed by atoms with Crippen molar-refractivity contribution in [1.29, 1.82) is 0 Å². The average Bonchev–Trinajstić information content (AvgIpc) is 2.72. The molecule has 1 aromatic rings. The van der Waals surface area contributed by atoms with Gasteiger partial charge in [-0.2, -0.15) is 4.98 Å². The number of aromatic nitrogens is 2. The van der Waals surface area contributed by atoms with Crippen molar-refractivity contribution in [2.45, 2.75) is 47.2 Å². The maximum absolute atomic E-state index is 5.02. The van der Waals surface area contributed by atoms with Crippen molar-refractivity contribution in [2.75, 3.05) is 6.54 Å². The molecule has 18 heavy (non-hydrogen) atoms. The van der Waals surface area contributed by atoms with Crippen LogP contribution in [0.25, 0.3) is 0 Å². The molecule has 0 radical (unpaired) electrons. The monoisotopic (exact) mass is 253 g/mol. The fourth-order valence-electron chi connectivity index (χ4n) is 1.25. The number of hydrogen-bond donors (Lipinski definition) is 2. The minimum absolute atomic E-state index is 0.354. The van der Waals surface area contributed by atoms with Crippen LogP contribution in [0.1, 0.15) is 39.4 Å². The zero-order valence-electron chi connectivity index (χ0n) is 11.8. The molecule has 1 rings (SSSR count). The van der Waals surface area contributed by atoms with Gasteiger partial charge in [-0.3, -0.25) is 0 Å². The van der Waals surface area contributed by atoms with Crippen LogP contribution >= 0.6 is 0 Å². The van der Waals surface area contributed by atoms with Gasteiger partial charge in [0.2, 0.25) is 5.89 Å². The molecule has 6 nitrogen and oxygen atoms in total. The Kier molecular flexibility index (Phi) is 5.61. The summed E-state index contributed by atoms with van der Waals surface area (Å²) in [5.41, 5.74) is 0. The number of nitrogens with one attached hydrogen (secondary N) is 2. The summed E-state index contributed by atoms with van der Waals surface area (Å²) in [4.78, 5) is 8.53. The Hall–Kier alpha value is -1.59. The van der Waals surface area contributed by atoms with Crippen LogP contribution in [0.15, 0.2) is 9.52 Å². The number of guanidine groups is 1. The number of hydrogen-bond acceptors (Lipinski definition) is 4. The predicted octanol–water partition coefficient (Wildman–Crippen LogP) is 1.48. The summed E-state index contributed by atoms with van der Waals surface area (Å²) in [6.45, 7) is 11.5. The van der Waals surface area contributed by atoms with Crippen molar-refractivity contribution in [3.8, 4) is 0 Å². The van der Waals surface area contributed by atoms with E-state index in [1.165, 1.54) is 0 Å². The van der Waals surface area contributed by atoms with Crippen LogP contribution in [0.3, 0.4) is 0 Å². The second-order valence-corrected chi connectivity index (χ2v) is 4.61. The number of rotatable bonds is 5. The van der Waals surface area contributed by atoms with Crippen molar-refractivity contribution in [1.82, 2.24) is 20.8 Å². The van der Waals surface area contributed by atoms with Crippen molar-refractivity contribution in [3.05, 3.63) is 11.7 Å². The topological polar surface area (TPSA) is 75.3 Å². The lowest BCUT2D eigenvalue weighted by molar-refractivity contribution is 0.376. The van der Waals surface area contributed by atoms with E-state index in [2.05, 4.69) is 46.5 Å². The van der Waals surface area contributed by atoms with Crippen LogP contribution in [-0.4, -0.2) is 28.7 Å². The van der Waals surface area contributed by atoms with Gasteiger partial charge in [0.1, 0.15) is 6.54 Å². The molecule has 0 saturated heterocycles. The van der Waals surface area contributed by atoms with Gasteiger partial charge in [0.15, 0.2) is 11.8 Å². The molecule has 0 bridgehead atoms. The third kappa shape index (κ3) is 4.73. The summed E-state index contributed by atoms with van der Waals surface area (Å²) in [7, 11) is 0. The largest absolute Gasteiger partial charge is 0.357 e. The molecule has 0 spiro atoms. The summed E-state index contributed by atoms with van der Waals surface area (Å²) in [6.07, 6.45) is 0. The smallest absolute Gasteiger partial charge is 0.248 e. The van der Waals surface area contributed by atoms with Gasteiger partial charge in [-0.15, -0.1) is 0 Å². The van der Waals surface area contributed by atoms with E-state index in [1.54, 1.807) is 6.92 Å². The summed E-state index contributed by atoms with van der Waals surface area (Å²) < 4.78 is 5.02. The number of aliphatic imine (C=N–C) groups is 1. The Morgan fingerprint density at radius 3 is 2.61 bits per heavy atom. The maximum atomic E-state index is 5.02. The van der Waals surface area contributed by atoms with Crippen molar-refractivity contribution >= 4 is 5.96 Å². The first-order valence-electron chi connectivity index (χ1n) is 6.37. The fourth-order valence-corrected chi connectivity index (χ4v) is 1.25. The first kappa shape index (κ1) is 14.5. The van der Waals surface area contributed by atoms with E-state index in [0.29, 0.717) is 30.2 Å². The molecule has 0 amide bonds. The van der Waals surface area contributed by atoms with E-state index in [9.17, 15) is 0 Å². The van der Waals surface area contributed by atoms with Crippen LogP contribution in [-0.2, 0) is 6.54 Å². The Morgan fingerprint density at radius 2 is 2.11 bits per heavy atom. The zero-order chi connectivity index (χ0) is 13.5. The fraction of sp³-hybridized carbons (Fsp3) is 0.750. The van der Waals surface area contributed by atoms with E-state index in [0.717, 1.165) is 12.5 Å². The molecule has 1 aromatic heterocycles. The minimum Gasteiger partial charge on any atom is -0.357 e. The highest BCUT2D eigenvalue weighted by molar-refractivity contribution is 5.79. The summed E-state index contributed by atoms with van der Waals surface area (Å²) in [5, 5.41) is 10.3. The van der Waals surface area contributed by atoms with Gasteiger partial charge in [-0.05, 0) is 26.7 Å². The van der Waals surface area contributed by atoms with Gasteiger partial charge < -0.3 is 15.2 Å². The molecule has 2 N–H and O–H groups in total. The summed E-state index contributed by atoms with van der Waals surface area (Å²) >= 11 is 0. The Labute approximate surface area is 108 Å². The SMILES string of the molecule is CCNC(=NCc1nc(C)no1)NC(C)C(C)C. The predicted molar refractivity (Wildman–Crippen MR) is 71.3 cm³/mol. The first-order chi connectivity index (χ1) is 8.52. The quantitative estimate of drug-likeness (QED) is 0.614.